The van der Waals surface area contributed by atoms with Crippen LogP contribution in [0, 0.1) is 5.92 Å². The van der Waals surface area contributed by atoms with Crippen molar-refractivity contribution in [1.29, 1.82) is 0 Å². The van der Waals surface area contributed by atoms with Crippen LogP contribution in [-0.2, 0) is 11.3 Å². The van der Waals surface area contributed by atoms with Gasteiger partial charge in [-0.1, -0.05) is 17.7 Å². The van der Waals surface area contributed by atoms with E-state index in [2.05, 4.69) is 10.3 Å². The van der Waals surface area contributed by atoms with Gasteiger partial charge in [-0.05, 0) is 43.7 Å². The first-order chi connectivity index (χ1) is 12.9. The van der Waals surface area contributed by atoms with E-state index in [0.717, 1.165) is 12.8 Å². The second-order valence-electron chi connectivity index (χ2n) is 6.75. The second-order valence-corrected chi connectivity index (χ2v) is 7.16. The minimum absolute atomic E-state index is 0.113. The van der Waals surface area contributed by atoms with Crippen molar-refractivity contribution < 1.29 is 14.7 Å². The van der Waals surface area contributed by atoms with E-state index in [4.69, 9.17) is 17.3 Å². The average molecular weight is 393 g/mol. The number of hydrogen-bond donors (Lipinski definition) is 3. The zero-order chi connectivity index (χ0) is 19.6. The molecule has 1 heterocycles. The van der Waals surface area contributed by atoms with Crippen LogP contribution < -0.4 is 16.6 Å². The number of rotatable bonds is 8. The normalized spacial score (nSPS) is 14.9. The minimum atomic E-state index is -1.16. The fraction of sp³-hybridized carbons (Fsp3) is 0.444. The van der Waals surface area contributed by atoms with E-state index in [-0.39, 0.29) is 17.9 Å². The van der Waals surface area contributed by atoms with E-state index in [1.807, 2.05) is 0 Å². The number of carbonyl (C=O) groups is 2. The molecule has 144 valence electrons. The van der Waals surface area contributed by atoms with Crippen molar-refractivity contribution in [2.45, 2.75) is 44.7 Å². The summed E-state index contributed by atoms with van der Waals surface area (Å²) in [5, 5.41) is 12.3. The molecule has 0 aliphatic heterocycles. The Morgan fingerprint density at radius 1 is 1.37 bits per heavy atom. The number of nitrogens with two attached hydrogens (primary N) is 1. The van der Waals surface area contributed by atoms with Crippen molar-refractivity contribution in [3.05, 3.63) is 39.4 Å². The zero-order valence-electron chi connectivity index (χ0n) is 14.7. The smallest absolute Gasteiger partial charge is 0.405 e. The lowest BCUT2D eigenvalue weighted by Gasteiger charge is -2.21. The van der Waals surface area contributed by atoms with Crippen LogP contribution in [0.25, 0.3) is 10.9 Å². The summed E-state index contributed by atoms with van der Waals surface area (Å²) in [6.07, 6.45) is 1.88. The average Bonchev–Trinajstić information content (AvgIpc) is 3.42. The number of amides is 2. The van der Waals surface area contributed by atoms with Gasteiger partial charge in [-0.2, -0.15) is 0 Å². The zero-order valence-corrected chi connectivity index (χ0v) is 15.4. The van der Waals surface area contributed by atoms with Gasteiger partial charge in [0.15, 0.2) is 0 Å². The van der Waals surface area contributed by atoms with Gasteiger partial charge in [-0.15, -0.1) is 0 Å². The maximum Gasteiger partial charge on any atom is 0.405 e. The molecule has 1 saturated carbocycles. The van der Waals surface area contributed by atoms with Crippen molar-refractivity contribution in [1.82, 2.24) is 14.9 Å². The van der Waals surface area contributed by atoms with Crippen LogP contribution in [0.2, 0.25) is 5.02 Å². The van der Waals surface area contributed by atoms with E-state index in [1.165, 1.54) is 4.57 Å². The van der Waals surface area contributed by atoms with Crippen molar-refractivity contribution in [3.63, 3.8) is 0 Å². The molecule has 1 unspecified atom stereocenters. The summed E-state index contributed by atoms with van der Waals surface area (Å²) in [5.74, 6) is 0.103. The third-order valence-corrected chi connectivity index (χ3v) is 4.98. The van der Waals surface area contributed by atoms with Crippen molar-refractivity contribution >= 4 is 34.5 Å². The van der Waals surface area contributed by atoms with E-state index in [1.54, 1.807) is 18.2 Å². The molecule has 2 amide bonds. The van der Waals surface area contributed by atoms with Crippen LogP contribution in [0.3, 0.4) is 0 Å². The van der Waals surface area contributed by atoms with Gasteiger partial charge in [0.2, 0.25) is 5.91 Å². The third-order valence-electron chi connectivity index (χ3n) is 4.67. The molecule has 3 rings (SSSR count). The quantitative estimate of drug-likeness (QED) is 0.594. The van der Waals surface area contributed by atoms with Gasteiger partial charge >= 0.3 is 6.09 Å². The molecule has 1 aliphatic rings. The van der Waals surface area contributed by atoms with Crippen LogP contribution in [0.1, 0.15) is 44.0 Å². The number of primary amides is 1. The van der Waals surface area contributed by atoms with Crippen LogP contribution in [-0.4, -0.2) is 26.7 Å². The number of unbranched alkanes of at least 4 members (excludes halogenated alkanes) is 1. The summed E-state index contributed by atoms with van der Waals surface area (Å²) in [6, 6.07) is 4.45. The maximum atomic E-state index is 13.1. The summed E-state index contributed by atoms with van der Waals surface area (Å²) in [5.41, 5.74) is 5.30. The fourth-order valence-corrected chi connectivity index (χ4v) is 3.47. The molecule has 1 aromatic heterocycles. The summed E-state index contributed by atoms with van der Waals surface area (Å²) < 4.78 is 1.48. The van der Waals surface area contributed by atoms with Gasteiger partial charge in [0.1, 0.15) is 5.82 Å². The highest BCUT2D eigenvalue weighted by Crippen LogP contribution is 2.40. The molecular weight excluding hydrogens is 372 g/mol. The van der Waals surface area contributed by atoms with Gasteiger partial charge in [0, 0.05) is 13.0 Å². The van der Waals surface area contributed by atoms with Crippen molar-refractivity contribution in [2.75, 3.05) is 0 Å². The number of carboxylic acid groups (broad SMARTS) is 1. The van der Waals surface area contributed by atoms with Gasteiger partial charge in [-0.3, -0.25) is 14.2 Å². The summed E-state index contributed by atoms with van der Waals surface area (Å²) in [4.78, 5) is 39.9. The minimum Gasteiger partial charge on any atom is -0.465 e. The summed E-state index contributed by atoms with van der Waals surface area (Å²) in [7, 11) is 0. The number of nitrogens with zero attached hydrogens (tertiary/aromatic N) is 2. The van der Waals surface area contributed by atoms with Gasteiger partial charge in [0.05, 0.1) is 22.0 Å². The Hall–Kier alpha value is -2.61. The molecule has 1 atom stereocenters. The maximum absolute atomic E-state index is 13.1. The predicted octanol–water partition coefficient (Wildman–Crippen LogP) is 2.42. The van der Waals surface area contributed by atoms with Crippen LogP contribution in [0.15, 0.2) is 23.0 Å². The van der Waals surface area contributed by atoms with Gasteiger partial charge in [0.25, 0.3) is 5.56 Å². The van der Waals surface area contributed by atoms with E-state index in [9.17, 15) is 19.5 Å². The molecule has 9 heteroatoms. The molecular formula is C18H21ClN4O4. The Morgan fingerprint density at radius 3 is 2.74 bits per heavy atom. The second kappa shape index (κ2) is 7.96. The number of fused-ring (bicyclic) bond motifs is 1. The van der Waals surface area contributed by atoms with Crippen LogP contribution in [0.5, 0.6) is 0 Å². The SMILES string of the molecule is NC(=O)CCCCn1c(C(NC(=O)O)C2CC2)nc2cccc(Cl)c2c1=O. The highest BCUT2D eigenvalue weighted by atomic mass is 35.5. The Morgan fingerprint density at radius 2 is 2.11 bits per heavy atom. The first-order valence-corrected chi connectivity index (χ1v) is 9.23. The van der Waals surface area contributed by atoms with E-state index < -0.39 is 18.0 Å². The number of aromatic nitrogens is 2. The molecule has 0 radical (unpaired) electrons. The Bertz CT molecular complexity index is 939. The first kappa shape index (κ1) is 19.2. The molecule has 4 N–H and O–H groups in total. The number of halogens is 1. The molecule has 2 aromatic rings. The molecule has 27 heavy (non-hydrogen) atoms. The molecule has 0 bridgehead atoms. The van der Waals surface area contributed by atoms with E-state index >= 15 is 0 Å². The Labute approximate surface area is 160 Å². The molecule has 0 saturated heterocycles. The predicted molar refractivity (Wildman–Crippen MR) is 101 cm³/mol. The van der Waals surface area contributed by atoms with Crippen molar-refractivity contribution in [3.8, 4) is 0 Å². The Balaban J connectivity index is 2.05. The lowest BCUT2D eigenvalue weighted by Crippen LogP contribution is -2.35. The Kier molecular flexibility index (Phi) is 5.65. The number of benzene rings is 1. The lowest BCUT2D eigenvalue weighted by molar-refractivity contribution is -0.118. The molecule has 1 aromatic carbocycles. The molecule has 8 nitrogen and oxygen atoms in total. The number of nitrogens with one attached hydrogen (secondary N) is 1. The third kappa shape index (κ3) is 4.39. The van der Waals surface area contributed by atoms with Crippen LogP contribution >= 0.6 is 11.6 Å². The lowest BCUT2D eigenvalue weighted by atomic mass is 10.1. The highest BCUT2D eigenvalue weighted by molar-refractivity contribution is 6.35. The largest absolute Gasteiger partial charge is 0.465 e. The molecule has 0 spiro atoms. The fourth-order valence-electron chi connectivity index (χ4n) is 3.22. The monoisotopic (exact) mass is 392 g/mol. The van der Waals surface area contributed by atoms with Crippen molar-refractivity contribution in [2.24, 2.45) is 11.7 Å². The molecule has 1 aliphatic carbocycles. The number of hydrogen-bond acceptors (Lipinski definition) is 4. The summed E-state index contributed by atoms with van der Waals surface area (Å²) >= 11 is 6.20. The topological polar surface area (TPSA) is 127 Å². The summed E-state index contributed by atoms with van der Waals surface area (Å²) in [6.45, 7) is 0.306. The first-order valence-electron chi connectivity index (χ1n) is 8.85. The highest BCUT2D eigenvalue weighted by Gasteiger charge is 2.36. The standard InChI is InChI=1S/C18H21ClN4O4/c19-11-4-3-5-12-14(11)17(25)23(9-2-1-6-13(20)24)16(21-12)15(10-7-8-10)22-18(26)27/h3-5,10,15,22H,1-2,6-9H2,(H2,20,24)(H,26,27). The van der Waals surface area contributed by atoms with Gasteiger partial charge in [-0.25, -0.2) is 9.78 Å². The van der Waals surface area contributed by atoms with Gasteiger partial charge < -0.3 is 16.2 Å². The number of carbonyl (C=O) groups excluding carboxylic acids is 1. The van der Waals surface area contributed by atoms with Crippen LogP contribution in [0.4, 0.5) is 4.79 Å². The molecule has 1 fully saturated rings. The van der Waals surface area contributed by atoms with E-state index in [0.29, 0.717) is 41.1 Å².